The second-order valence-corrected chi connectivity index (χ2v) is 5.64. The Morgan fingerprint density at radius 3 is 2.38 bits per heavy atom. The molecule has 0 radical (unpaired) electrons. The van der Waals surface area contributed by atoms with Gasteiger partial charge in [-0.1, -0.05) is 17.7 Å². The lowest BCUT2D eigenvalue weighted by molar-refractivity contribution is -0.354. The minimum absolute atomic E-state index is 0.607. The molecule has 2 aromatic carbocycles. The van der Waals surface area contributed by atoms with Crippen molar-refractivity contribution >= 4 is 23.2 Å². The molecule has 0 unspecified atom stereocenters. The molecule has 0 amide bonds. The molecule has 3 aromatic rings. The number of rotatable bonds is 3. The van der Waals surface area contributed by atoms with E-state index in [1.165, 1.54) is 5.56 Å². The summed E-state index contributed by atoms with van der Waals surface area (Å²) in [5, 5.41) is 15.0. The molecule has 0 atom stereocenters. The highest BCUT2D eigenvalue weighted by Gasteiger charge is 2.05. The zero-order valence-electron chi connectivity index (χ0n) is 11.6. The molecule has 4 heteroatoms. The van der Waals surface area contributed by atoms with Gasteiger partial charge < -0.3 is 5.21 Å². The average molecular weight is 294 g/mol. The summed E-state index contributed by atoms with van der Waals surface area (Å²) in [5.74, 6) is 0. The predicted octanol–water partition coefficient (Wildman–Crippen LogP) is 4.38. The number of hydrogen-bond acceptors (Lipinski definition) is 3. The SMILES string of the molecule is Cc1ccc(/C=[N+](\[O-])c2ccc(-c3nccs3)cc2)cc1. The van der Waals surface area contributed by atoms with E-state index in [4.69, 9.17) is 0 Å². The van der Waals surface area contributed by atoms with Crippen LogP contribution in [-0.2, 0) is 0 Å². The third-order valence-electron chi connectivity index (χ3n) is 3.14. The van der Waals surface area contributed by atoms with E-state index >= 15 is 0 Å². The van der Waals surface area contributed by atoms with Crippen molar-refractivity contribution in [2.75, 3.05) is 0 Å². The molecule has 0 saturated heterocycles. The van der Waals surface area contributed by atoms with Crippen molar-refractivity contribution in [3.8, 4) is 10.6 Å². The molecule has 1 heterocycles. The first-order valence-corrected chi connectivity index (χ1v) is 7.48. The predicted molar refractivity (Wildman–Crippen MR) is 87.2 cm³/mol. The van der Waals surface area contributed by atoms with Gasteiger partial charge in [-0.25, -0.2) is 4.98 Å². The fourth-order valence-electron chi connectivity index (χ4n) is 1.98. The normalized spacial score (nSPS) is 11.6. The Hall–Kier alpha value is -2.46. The van der Waals surface area contributed by atoms with Crippen LogP contribution in [0.3, 0.4) is 0 Å². The lowest BCUT2D eigenvalue weighted by atomic mass is 10.2. The summed E-state index contributed by atoms with van der Waals surface area (Å²) in [4.78, 5) is 4.26. The fraction of sp³-hybridized carbons (Fsp3) is 0.0588. The molecule has 1 aromatic heterocycles. The van der Waals surface area contributed by atoms with Crippen LogP contribution in [0.4, 0.5) is 5.69 Å². The number of benzene rings is 2. The average Bonchev–Trinajstić information content (AvgIpc) is 3.04. The zero-order valence-corrected chi connectivity index (χ0v) is 12.4. The van der Waals surface area contributed by atoms with Crippen LogP contribution in [0.5, 0.6) is 0 Å². The minimum atomic E-state index is 0.607. The van der Waals surface area contributed by atoms with Crippen LogP contribution in [0.2, 0.25) is 0 Å². The smallest absolute Gasteiger partial charge is 0.216 e. The molecule has 0 aliphatic rings. The Labute approximate surface area is 127 Å². The number of aromatic nitrogens is 1. The van der Waals surface area contributed by atoms with Crippen molar-refractivity contribution in [1.29, 1.82) is 0 Å². The Kier molecular flexibility index (Phi) is 3.79. The standard InChI is InChI=1S/C17H14N2OS/c1-13-2-4-14(5-3-13)12-19(20)16-8-6-15(7-9-16)17-18-10-11-21-17/h2-12H,1H3/b19-12-. The van der Waals surface area contributed by atoms with Gasteiger partial charge in [-0.15, -0.1) is 11.3 Å². The van der Waals surface area contributed by atoms with Crippen LogP contribution >= 0.6 is 11.3 Å². The van der Waals surface area contributed by atoms with E-state index in [2.05, 4.69) is 4.98 Å². The largest absolute Gasteiger partial charge is 0.618 e. The summed E-state index contributed by atoms with van der Waals surface area (Å²) in [6.07, 6.45) is 3.36. The van der Waals surface area contributed by atoms with Crippen molar-refractivity contribution in [3.63, 3.8) is 0 Å². The van der Waals surface area contributed by atoms with Crippen LogP contribution in [0.1, 0.15) is 11.1 Å². The van der Waals surface area contributed by atoms with Crippen molar-refractivity contribution in [2.24, 2.45) is 0 Å². The molecule has 0 aliphatic carbocycles. The second-order valence-electron chi connectivity index (χ2n) is 4.75. The first kappa shape index (κ1) is 13.5. The van der Waals surface area contributed by atoms with Gasteiger partial charge in [0.25, 0.3) is 0 Å². The topological polar surface area (TPSA) is 39.0 Å². The van der Waals surface area contributed by atoms with Crippen LogP contribution in [0, 0.1) is 12.1 Å². The number of aryl methyl sites for hydroxylation is 1. The van der Waals surface area contributed by atoms with Gasteiger partial charge in [0.15, 0.2) is 6.21 Å². The van der Waals surface area contributed by atoms with Gasteiger partial charge in [0.1, 0.15) is 5.01 Å². The van der Waals surface area contributed by atoms with Gasteiger partial charge in [-0.05, 0) is 31.2 Å². The maximum Gasteiger partial charge on any atom is 0.216 e. The Balaban J connectivity index is 1.84. The van der Waals surface area contributed by atoms with Crippen LogP contribution in [0.25, 0.3) is 10.6 Å². The van der Waals surface area contributed by atoms with Gasteiger partial charge >= 0.3 is 0 Å². The van der Waals surface area contributed by atoms with E-state index in [0.717, 1.165) is 20.9 Å². The third-order valence-corrected chi connectivity index (χ3v) is 3.97. The molecule has 104 valence electrons. The Bertz CT molecular complexity index is 744. The Morgan fingerprint density at radius 1 is 1.05 bits per heavy atom. The highest BCUT2D eigenvalue weighted by molar-refractivity contribution is 7.13. The molecular formula is C17H14N2OS. The highest BCUT2D eigenvalue weighted by Crippen LogP contribution is 2.23. The van der Waals surface area contributed by atoms with E-state index in [0.29, 0.717) is 5.69 Å². The van der Waals surface area contributed by atoms with Gasteiger partial charge in [-0.2, -0.15) is 4.74 Å². The van der Waals surface area contributed by atoms with Crippen molar-refractivity contribution < 1.29 is 4.74 Å². The maximum atomic E-state index is 12.1. The minimum Gasteiger partial charge on any atom is -0.618 e. The monoisotopic (exact) mass is 294 g/mol. The molecule has 0 bridgehead atoms. The highest BCUT2D eigenvalue weighted by atomic mass is 32.1. The number of thiazole rings is 1. The van der Waals surface area contributed by atoms with E-state index < -0.39 is 0 Å². The first-order valence-electron chi connectivity index (χ1n) is 6.60. The summed E-state index contributed by atoms with van der Waals surface area (Å²) in [6, 6.07) is 15.3. The molecule has 0 aliphatic heterocycles. The number of hydrogen-bond donors (Lipinski definition) is 0. The number of nitrogens with zero attached hydrogens (tertiary/aromatic N) is 2. The summed E-state index contributed by atoms with van der Waals surface area (Å²) in [5.41, 5.74) is 3.70. The van der Waals surface area contributed by atoms with Crippen molar-refractivity contribution in [1.82, 2.24) is 4.98 Å². The molecule has 0 spiro atoms. The molecule has 21 heavy (non-hydrogen) atoms. The molecule has 0 fully saturated rings. The zero-order chi connectivity index (χ0) is 14.7. The molecule has 0 N–H and O–H groups in total. The van der Waals surface area contributed by atoms with Crippen molar-refractivity contribution in [3.05, 3.63) is 76.4 Å². The molecule has 0 saturated carbocycles. The summed E-state index contributed by atoms with van der Waals surface area (Å²) in [6.45, 7) is 2.02. The summed E-state index contributed by atoms with van der Waals surface area (Å²) in [7, 11) is 0. The molecular weight excluding hydrogens is 280 g/mol. The fourth-order valence-corrected chi connectivity index (χ4v) is 2.62. The Morgan fingerprint density at radius 2 is 1.76 bits per heavy atom. The third kappa shape index (κ3) is 3.17. The first-order chi connectivity index (χ1) is 10.2. The lowest BCUT2D eigenvalue weighted by Gasteiger charge is -2.04. The van der Waals surface area contributed by atoms with E-state index in [9.17, 15) is 5.21 Å². The van der Waals surface area contributed by atoms with Crippen LogP contribution in [-0.4, -0.2) is 15.9 Å². The molecule has 3 nitrogen and oxygen atoms in total. The van der Waals surface area contributed by atoms with Crippen LogP contribution < -0.4 is 0 Å². The lowest BCUT2D eigenvalue weighted by Crippen LogP contribution is -1.98. The van der Waals surface area contributed by atoms with Crippen molar-refractivity contribution in [2.45, 2.75) is 6.92 Å². The quantitative estimate of drug-likeness (QED) is 0.311. The van der Waals surface area contributed by atoms with E-state index in [-0.39, 0.29) is 0 Å². The molecule has 3 rings (SSSR count). The van der Waals surface area contributed by atoms with Gasteiger partial charge in [0.05, 0.1) is 0 Å². The van der Waals surface area contributed by atoms with Crippen LogP contribution in [0.15, 0.2) is 60.1 Å². The summed E-state index contributed by atoms with van der Waals surface area (Å²) >= 11 is 1.58. The summed E-state index contributed by atoms with van der Waals surface area (Å²) < 4.78 is 0.885. The van der Waals surface area contributed by atoms with Gasteiger partial charge in [0, 0.05) is 34.8 Å². The second kappa shape index (κ2) is 5.89. The van der Waals surface area contributed by atoms with Gasteiger partial charge in [0.2, 0.25) is 5.69 Å². The maximum absolute atomic E-state index is 12.1. The van der Waals surface area contributed by atoms with Gasteiger partial charge in [-0.3, -0.25) is 0 Å². The van der Waals surface area contributed by atoms with E-state index in [1.807, 2.05) is 60.8 Å². The van der Waals surface area contributed by atoms with E-state index in [1.54, 1.807) is 23.7 Å².